The summed E-state index contributed by atoms with van der Waals surface area (Å²) in [6, 6.07) is -0.0582. The third-order valence-corrected chi connectivity index (χ3v) is 2.95. The number of carbonyl (C=O) groups excluding carboxylic acids is 1. The highest BCUT2D eigenvalue weighted by Gasteiger charge is 2.33. The summed E-state index contributed by atoms with van der Waals surface area (Å²) in [7, 11) is 0. The summed E-state index contributed by atoms with van der Waals surface area (Å²) >= 11 is 0. The molecule has 1 fully saturated rings. The van der Waals surface area contributed by atoms with Crippen LogP contribution in [0.25, 0.3) is 0 Å². The van der Waals surface area contributed by atoms with Crippen LogP contribution in [0.4, 0.5) is 0 Å². The van der Waals surface area contributed by atoms with Crippen molar-refractivity contribution in [3.8, 4) is 0 Å². The molecule has 6 nitrogen and oxygen atoms in total. The van der Waals surface area contributed by atoms with Crippen LogP contribution >= 0.6 is 0 Å². The van der Waals surface area contributed by atoms with E-state index in [1.165, 1.54) is 0 Å². The number of hydrogen-bond donors (Lipinski definition) is 3. The minimum Gasteiger partial charge on any atom is -0.363 e. The molecule has 0 aliphatic carbocycles. The van der Waals surface area contributed by atoms with Crippen molar-refractivity contribution in [1.29, 1.82) is 0 Å². The number of amides is 1. The fraction of sp³-hybridized carbons (Fsp3) is 0.636. The third-order valence-electron chi connectivity index (χ3n) is 2.95. The van der Waals surface area contributed by atoms with Crippen molar-refractivity contribution in [3.63, 3.8) is 0 Å². The highest BCUT2D eigenvalue weighted by Crippen LogP contribution is 2.15. The van der Waals surface area contributed by atoms with Gasteiger partial charge in [-0.25, -0.2) is 0 Å². The van der Waals surface area contributed by atoms with Gasteiger partial charge in [-0.3, -0.25) is 9.89 Å². The lowest BCUT2D eigenvalue weighted by molar-refractivity contribution is -0.136. The van der Waals surface area contributed by atoms with Crippen LogP contribution in [0.5, 0.6) is 0 Å². The summed E-state index contributed by atoms with van der Waals surface area (Å²) < 4.78 is 5.55. The number of aromatic amines is 1. The van der Waals surface area contributed by atoms with Crippen molar-refractivity contribution in [3.05, 3.63) is 18.0 Å². The lowest BCUT2D eigenvalue weighted by atomic mass is 10.0. The maximum atomic E-state index is 11.6. The Morgan fingerprint density at radius 2 is 2.47 bits per heavy atom. The number of ether oxygens (including phenoxy) is 1. The van der Waals surface area contributed by atoms with E-state index >= 15 is 0 Å². The van der Waals surface area contributed by atoms with Gasteiger partial charge in [0.15, 0.2) is 0 Å². The van der Waals surface area contributed by atoms with Crippen LogP contribution in [0.2, 0.25) is 0 Å². The first-order chi connectivity index (χ1) is 8.09. The van der Waals surface area contributed by atoms with E-state index in [-0.39, 0.29) is 24.2 Å². The predicted molar refractivity (Wildman–Crippen MR) is 62.4 cm³/mol. The van der Waals surface area contributed by atoms with Crippen molar-refractivity contribution < 1.29 is 9.53 Å². The molecule has 94 valence electrons. The van der Waals surface area contributed by atoms with Gasteiger partial charge in [0.05, 0.1) is 17.8 Å². The first kappa shape index (κ1) is 12.1. The summed E-state index contributed by atoms with van der Waals surface area (Å²) in [6.45, 7) is 5.61. The average Bonchev–Trinajstić information content (AvgIpc) is 2.77. The standard InChI is InChI=1S/C11H18N4O2/c1-8(9-3-13-14-4-9)15-10(16)5-17-11(2)6-12-7-11/h3-4,8,12H,5-7H2,1-2H3,(H,13,14)(H,15,16). The molecule has 1 aliphatic rings. The molecule has 0 bridgehead atoms. The first-order valence-corrected chi connectivity index (χ1v) is 5.72. The smallest absolute Gasteiger partial charge is 0.246 e. The van der Waals surface area contributed by atoms with Crippen LogP contribution in [0.1, 0.15) is 25.5 Å². The molecule has 1 amide bonds. The molecule has 0 saturated carbocycles. The Hall–Kier alpha value is -1.40. The number of aromatic nitrogens is 2. The zero-order valence-corrected chi connectivity index (χ0v) is 10.1. The van der Waals surface area contributed by atoms with Crippen molar-refractivity contribution in [2.75, 3.05) is 19.7 Å². The van der Waals surface area contributed by atoms with Crippen LogP contribution < -0.4 is 10.6 Å². The molecule has 1 aromatic heterocycles. The summed E-state index contributed by atoms with van der Waals surface area (Å²) in [5.74, 6) is -0.105. The maximum Gasteiger partial charge on any atom is 0.246 e. The highest BCUT2D eigenvalue weighted by molar-refractivity contribution is 5.77. The van der Waals surface area contributed by atoms with Crippen molar-refractivity contribution in [2.24, 2.45) is 0 Å². The van der Waals surface area contributed by atoms with E-state index in [4.69, 9.17) is 4.74 Å². The van der Waals surface area contributed by atoms with Gasteiger partial charge < -0.3 is 15.4 Å². The van der Waals surface area contributed by atoms with E-state index in [9.17, 15) is 4.79 Å². The van der Waals surface area contributed by atoms with E-state index in [0.29, 0.717) is 0 Å². The molecule has 2 rings (SSSR count). The van der Waals surface area contributed by atoms with Crippen molar-refractivity contribution in [1.82, 2.24) is 20.8 Å². The Labute approximate surface area is 100 Å². The van der Waals surface area contributed by atoms with E-state index in [1.807, 2.05) is 13.8 Å². The van der Waals surface area contributed by atoms with Crippen molar-refractivity contribution in [2.45, 2.75) is 25.5 Å². The monoisotopic (exact) mass is 238 g/mol. The van der Waals surface area contributed by atoms with E-state index in [1.54, 1.807) is 12.4 Å². The normalized spacial score (nSPS) is 19.4. The quantitative estimate of drug-likeness (QED) is 0.673. The second-order valence-corrected chi connectivity index (χ2v) is 4.66. The van der Waals surface area contributed by atoms with Gasteiger partial charge in [0.1, 0.15) is 6.61 Å². The highest BCUT2D eigenvalue weighted by atomic mass is 16.5. The number of nitrogens with zero attached hydrogens (tertiary/aromatic N) is 1. The topological polar surface area (TPSA) is 79.0 Å². The Balaban J connectivity index is 1.73. The summed E-state index contributed by atoms with van der Waals surface area (Å²) in [5.41, 5.74) is 0.769. The zero-order valence-electron chi connectivity index (χ0n) is 10.1. The SMILES string of the molecule is CC(NC(=O)COC1(C)CNC1)c1cn[nH]c1. The fourth-order valence-corrected chi connectivity index (χ4v) is 1.68. The molecule has 1 unspecified atom stereocenters. The molecule has 1 saturated heterocycles. The Morgan fingerprint density at radius 1 is 1.71 bits per heavy atom. The first-order valence-electron chi connectivity index (χ1n) is 5.72. The molecular weight excluding hydrogens is 220 g/mol. The summed E-state index contributed by atoms with van der Waals surface area (Å²) in [5, 5.41) is 12.5. The Bertz CT molecular complexity index is 373. The van der Waals surface area contributed by atoms with Crippen LogP contribution in [-0.2, 0) is 9.53 Å². The van der Waals surface area contributed by atoms with Crippen molar-refractivity contribution >= 4 is 5.91 Å². The number of hydrogen-bond acceptors (Lipinski definition) is 4. The number of carbonyl (C=O) groups is 1. The van der Waals surface area contributed by atoms with Crippen LogP contribution in [0.3, 0.4) is 0 Å². The van der Waals surface area contributed by atoms with Gasteiger partial charge in [-0.2, -0.15) is 5.10 Å². The molecule has 3 N–H and O–H groups in total. The predicted octanol–water partition coefficient (Wildman–Crippen LogP) is -0.0346. The number of nitrogens with one attached hydrogen (secondary N) is 3. The zero-order chi connectivity index (χ0) is 12.3. The molecule has 2 heterocycles. The summed E-state index contributed by atoms with van der Waals surface area (Å²) in [4.78, 5) is 11.6. The molecule has 0 aromatic carbocycles. The molecule has 1 aromatic rings. The fourth-order valence-electron chi connectivity index (χ4n) is 1.68. The average molecular weight is 238 g/mol. The van der Waals surface area contributed by atoms with E-state index < -0.39 is 0 Å². The van der Waals surface area contributed by atoms with Gasteiger partial charge >= 0.3 is 0 Å². The minimum absolute atomic E-state index is 0.0582. The molecule has 6 heteroatoms. The van der Waals surface area contributed by atoms with E-state index in [2.05, 4.69) is 20.8 Å². The van der Waals surface area contributed by atoms with Crippen LogP contribution in [0, 0.1) is 0 Å². The van der Waals surface area contributed by atoms with Crippen LogP contribution in [-0.4, -0.2) is 41.4 Å². The van der Waals surface area contributed by atoms with Gasteiger partial charge in [0.2, 0.25) is 5.91 Å². The van der Waals surface area contributed by atoms with Gasteiger partial charge in [0, 0.05) is 24.8 Å². The van der Waals surface area contributed by atoms with Gasteiger partial charge in [-0.15, -0.1) is 0 Å². The van der Waals surface area contributed by atoms with Gasteiger partial charge in [0.25, 0.3) is 0 Å². The van der Waals surface area contributed by atoms with Crippen LogP contribution in [0.15, 0.2) is 12.4 Å². The Kier molecular flexibility index (Phi) is 3.44. The molecule has 1 aliphatic heterocycles. The molecular formula is C11H18N4O2. The largest absolute Gasteiger partial charge is 0.363 e. The third kappa shape index (κ3) is 3.04. The lowest BCUT2D eigenvalue weighted by Gasteiger charge is -2.38. The molecule has 17 heavy (non-hydrogen) atoms. The van der Waals surface area contributed by atoms with Gasteiger partial charge in [-0.1, -0.05) is 0 Å². The van der Waals surface area contributed by atoms with E-state index in [0.717, 1.165) is 18.7 Å². The second kappa shape index (κ2) is 4.85. The number of rotatable bonds is 5. The minimum atomic E-state index is -0.184. The van der Waals surface area contributed by atoms with Gasteiger partial charge in [-0.05, 0) is 13.8 Å². The molecule has 1 atom stereocenters. The molecule has 0 radical (unpaired) electrons. The Morgan fingerprint density at radius 3 is 3.00 bits per heavy atom. The molecule has 0 spiro atoms. The second-order valence-electron chi connectivity index (χ2n) is 4.66. The number of H-pyrrole nitrogens is 1. The summed E-state index contributed by atoms with van der Waals surface area (Å²) in [6.07, 6.45) is 3.46. The maximum absolute atomic E-state index is 11.6. The lowest BCUT2D eigenvalue weighted by Crippen LogP contribution is -2.59.